The van der Waals surface area contributed by atoms with Crippen molar-refractivity contribution >= 4 is 11.9 Å². The maximum atomic E-state index is 13.4. The number of nitriles is 1. The number of amides is 1. The van der Waals surface area contributed by atoms with Crippen molar-refractivity contribution < 1.29 is 18.7 Å². The van der Waals surface area contributed by atoms with Crippen molar-refractivity contribution in [2.75, 3.05) is 0 Å². The van der Waals surface area contributed by atoms with E-state index < -0.39 is 5.82 Å². The summed E-state index contributed by atoms with van der Waals surface area (Å²) in [5.74, 6) is -0.951. The Morgan fingerprint density at radius 1 is 1.10 bits per heavy atom. The van der Waals surface area contributed by atoms with Gasteiger partial charge in [-0.05, 0) is 55.9 Å². The largest absolute Gasteiger partial charge is 0.445 e. The Hall–Kier alpha value is -3.20. The van der Waals surface area contributed by atoms with Crippen molar-refractivity contribution in [2.24, 2.45) is 5.92 Å². The van der Waals surface area contributed by atoms with Crippen molar-refractivity contribution in [1.82, 2.24) is 4.90 Å². The Labute approximate surface area is 175 Å². The molecule has 2 heterocycles. The fourth-order valence-corrected chi connectivity index (χ4v) is 4.73. The van der Waals surface area contributed by atoms with Crippen LogP contribution in [0.2, 0.25) is 0 Å². The van der Waals surface area contributed by atoms with Gasteiger partial charge in [0.15, 0.2) is 5.78 Å². The molecule has 2 aromatic carbocycles. The predicted octanol–water partition coefficient (Wildman–Crippen LogP) is 4.85. The first-order valence-electron chi connectivity index (χ1n) is 10.3. The average Bonchev–Trinajstić information content (AvgIpc) is 2.76. The number of ether oxygens (including phenoxy) is 1. The molecule has 2 aliphatic heterocycles. The lowest BCUT2D eigenvalue weighted by molar-refractivity contribution is 0.00472. The number of benzene rings is 2. The molecule has 2 fully saturated rings. The molecular weight excluding hydrogens is 383 g/mol. The van der Waals surface area contributed by atoms with Crippen molar-refractivity contribution in [3.8, 4) is 6.07 Å². The summed E-state index contributed by atoms with van der Waals surface area (Å²) in [6.45, 7) is 0.221. The molecule has 2 aromatic rings. The number of fused-ring (bicyclic) bond motifs is 2. The molecule has 0 aliphatic carbocycles. The third-order valence-corrected chi connectivity index (χ3v) is 6.13. The summed E-state index contributed by atoms with van der Waals surface area (Å²) < 4.78 is 19.0. The summed E-state index contributed by atoms with van der Waals surface area (Å²) in [7, 11) is 0. The topological polar surface area (TPSA) is 70.4 Å². The molecule has 1 amide bonds. The number of nitrogens with zero attached hydrogens (tertiary/aromatic N) is 2. The lowest BCUT2D eigenvalue weighted by atomic mass is 9.75. The summed E-state index contributed by atoms with van der Waals surface area (Å²) in [5.41, 5.74) is 1.26. The van der Waals surface area contributed by atoms with Gasteiger partial charge in [0, 0.05) is 23.6 Å². The normalized spacial score (nSPS) is 22.8. The molecule has 2 aliphatic rings. The van der Waals surface area contributed by atoms with Crippen LogP contribution in [0.15, 0.2) is 48.5 Å². The summed E-state index contributed by atoms with van der Waals surface area (Å²) in [6.07, 6.45) is 3.41. The molecule has 5 nitrogen and oxygen atoms in total. The highest BCUT2D eigenvalue weighted by atomic mass is 19.1. The van der Waals surface area contributed by atoms with Crippen LogP contribution in [-0.4, -0.2) is 28.9 Å². The van der Waals surface area contributed by atoms with Crippen LogP contribution in [0.25, 0.3) is 0 Å². The first-order chi connectivity index (χ1) is 14.6. The second-order valence-electron chi connectivity index (χ2n) is 8.02. The fraction of sp³-hybridized carbons (Fsp3) is 0.375. The molecule has 30 heavy (non-hydrogen) atoms. The molecule has 2 bridgehead atoms. The standard InChI is InChI=1S/C24H23FN2O3/c25-19-9-10-22(18(11-19)14-26)23(28)17-12-20-7-4-8-21(13-17)27(20)24(29)30-15-16-5-2-1-3-6-16/h1-3,5-6,9-11,17,20-21H,4,7-8,12-13,15H2. The van der Waals surface area contributed by atoms with E-state index in [1.807, 2.05) is 41.3 Å². The quantitative estimate of drug-likeness (QED) is 0.681. The Kier molecular flexibility index (Phi) is 5.80. The Bertz CT molecular complexity index is 972. The Morgan fingerprint density at radius 3 is 2.47 bits per heavy atom. The van der Waals surface area contributed by atoms with Gasteiger partial charge in [0.05, 0.1) is 11.6 Å². The van der Waals surface area contributed by atoms with Gasteiger partial charge in [0.1, 0.15) is 12.4 Å². The zero-order valence-electron chi connectivity index (χ0n) is 16.6. The molecule has 0 saturated carbocycles. The molecule has 154 valence electrons. The van der Waals surface area contributed by atoms with Crippen LogP contribution in [0.1, 0.15) is 53.6 Å². The van der Waals surface area contributed by atoms with Gasteiger partial charge in [-0.25, -0.2) is 9.18 Å². The first-order valence-corrected chi connectivity index (χ1v) is 10.3. The van der Waals surface area contributed by atoms with Gasteiger partial charge in [-0.3, -0.25) is 4.79 Å². The zero-order valence-corrected chi connectivity index (χ0v) is 16.6. The number of hydrogen-bond acceptors (Lipinski definition) is 4. The number of hydrogen-bond donors (Lipinski definition) is 0. The number of carbonyl (C=O) groups is 2. The van der Waals surface area contributed by atoms with Crippen LogP contribution in [-0.2, 0) is 11.3 Å². The Balaban J connectivity index is 1.46. The number of carbonyl (C=O) groups excluding carboxylic acids is 2. The number of halogens is 1. The van der Waals surface area contributed by atoms with E-state index in [0.29, 0.717) is 12.8 Å². The monoisotopic (exact) mass is 406 g/mol. The predicted molar refractivity (Wildman–Crippen MR) is 108 cm³/mol. The maximum absolute atomic E-state index is 13.4. The minimum Gasteiger partial charge on any atom is -0.445 e. The van der Waals surface area contributed by atoms with E-state index in [2.05, 4.69) is 0 Å². The molecule has 0 spiro atoms. The molecule has 6 heteroatoms. The van der Waals surface area contributed by atoms with Gasteiger partial charge in [-0.2, -0.15) is 5.26 Å². The van der Waals surface area contributed by atoms with Crippen LogP contribution in [0.4, 0.5) is 9.18 Å². The van der Waals surface area contributed by atoms with E-state index >= 15 is 0 Å². The van der Waals surface area contributed by atoms with E-state index in [-0.39, 0.29) is 47.6 Å². The molecule has 0 aromatic heterocycles. The van der Waals surface area contributed by atoms with Gasteiger partial charge >= 0.3 is 6.09 Å². The second kappa shape index (κ2) is 8.66. The first kappa shape index (κ1) is 20.1. The van der Waals surface area contributed by atoms with E-state index in [9.17, 15) is 19.2 Å². The van der Waals surface area contributed by atoms with Crippen molar-refractivity contribution in [3.63, 3.8) is 0 Å². The van der Waals surface area contributed by atoms with Gasteiger partial charge in [0.2, 0.25) is 0 Å². The summed E-state index contributed by atoms with van der Waals surface area (Å²) in [5, 5.41) is 9.28. The lowest BCUT2D eigenvalue weighted by Crippen LogP contribution is -2.55. The lowest BCUT2D eigenvalue weighted by Gasteiger charge is -2.47. The van der Waals surface area contributed by atoms with E-state index in [4.69, 9.17) is 4.74 Å². The minimum atomic E-state index is -0.532. The van der Waals surface area contributed by atoms with Crippen LogP contribution >= 0.6 is 0 Å². The van der Waals surface area contributed by atoms with E-state index in [0.717, 1.165) is 30.9 Å². The summed E-state index contributed by atoms with van der Waals surface area (Å²) in [6, 6.07) is 15.1. The average molecular weight is 406 g/mol. The summed E-state index contributed by atoms with van der Waals surface area (Å²) in [4.78, 5) is 27.7. The highest BCUT2D eigenvalue weighted by molar-refractivity contribution is 6.00. The highest BCUT2D eigenvalue weighted by Crippen LogP contribution is 2.39. The van der Waals surface area contributed by atoms with Crippen LogP contribution in [0.3, 0.4) is 0 Å². The van der Waals surface area contributed by atoms with Gasteiger partial charge in [0.25, 0.3) is 0 Å². The molecule has 0 radical (unpaired) electrons. The molecule has 2 saturated heterocycles. The Morgan fingerprint density at radius 2 is 1.80 bits per heavy atom. The van der Waals surface area contributed by atoms with Gasteiger partial charge in [-0.1, -0.05) is 30.3 Å². The third kappa shape index (κ3) is 4.06. The highest BCUT2D eigenvalue weighted by Gasteiger charge is 2.44. The number of rotatable bonds is 4. The third-order valence-electron chi connectivity index (χ3n) is 6.13. The summed E-state index contributed by atoms with van der Waals surface area (Å²) >= 11 is 0. The van der Waals surface area contributed by atoms with Crippen LogP contribution in [0.5, 0.6) is 0 Å². The maximum Gasteiger partial charge on any atom is 0.410 e. The SMILES string of the molecule is N#Cc1cc(F)ccc1C(=O)C1CC2CCCC(C1)N2C(=O)OCc1ccccc1. The van der Waals surface area contributed by atoms with E-state index in [1.54, 1.807) is 0 Å². The minimum absolute atomic E-state index is 0.0549. The number of ketones is 1. The zero-order chi connectivity index (χ0) is 21.1. The van der Waals surface area contributed by atoms with Gasteiger partial charge in [-0.15, -0.1) is 0 Å². The second-order valence-corrected chi connectivity index (χ2v) is 8.02. The van der Waals surface area contributed by atoms with Crippen molar-refractivity contribution in [3.05, 3.63) is 71.0 Å². The van der Waals surface area contributed by atoms with Crippen LogP contribution < -0.4 is 0 Å². The molecule has 2 atom stereocenters. The smallest absolute Gasteiger partial charge is 0.410 e. The van der Waals surface area contributed by atoms with Crippen molar-refractivity contribution in [1.29, 1.82) is 5.26 Å². The van der Waals surface area contributed by atoms with Crippen molar-refractivity contribution in [2.45, 2.75) is 50.8 Å². The molecule has 2 unspecified atom stereocenters. The number of piperidine rings is 2. The van der Waals surface area contributed by atoms with E-state index in [1.165, 1.54) is 12.1 Å². The molecular formula is C24H23FN2O3. The van der Waals surface area contributed by atoms with Gasteiger partial charge < -0.3 is 9.64 Å². The number of Topliss-reactive ketones (excluding diaryl/α,β-unsaturated/α-hetero) is 1. The van der Waals surface area contributed by atoms with Crippen LogP contribution in [0, 0.1) is 23.1 Å². The molecule has 0 N–H and O–H groups in total. The molecule has 4 rings (SSSR count). The fourth-order valence-electron chi connectivity index (χ4n) is 4.73.